The number of aryl methyl sites for hydroxylation is 1. The third-order valence-corrected chi connectivity index (χ3v) is 7.77. The van der Waals surface area contributed by atoms with Crippen LogP contribution in [0.5, 0.6) is 11.5 Å². The van der Waals surface area contributed by atoms with E-state index in [1.807, 2.05) is 48.2 Å². The number of ether oxygens (including phenoxy) is 2. The largest absolute Gasteiger partial charge is 0.456 e. The van der Waals surface area contributed by atoms with Crippen molar-refractivity contribution in [1.82, 2.24) is 19.8 Å². The van der Waals surface area contributed by atoms with Crippen molar-refractivity contribution in [3.63, 3.8) is 0 Å². The maximum Gasteiger partial charge on any atom is 0.326 e. The van der Waals surface area contributed by atoms with Crippen molar-refractivity contribution >= 4 is 44.4 Å². The molecule has 6 rings (SSSR count). The average molecular weight is 491 g/mol. The Kier molecular flexibility index (Phi) is 5.46. The summed E-state index contributed by atoms with van der Waals surface area (Å²) in [6.07, 6.45) is 4.73. The molecule has 9 heteroatoms. The summed E-state index contributed by atoms with van der Waals surface area (Å²) in [5.74, 6) is 1.31. The maximum absolute atomic E-state index is 13.0. The van der Waals surface area contributed by atoms with Crippen LogP contribution in [0.3, 0.4) is 0 Å². The standard InChI is InChI=1S/C26H26N4O4S/c1-15-11-16-12-18(5-6-21(16)30(15)26(32)28-17-3-4-17)34-22-7-9-27-20-13-23(35-24(20)22)25(31)29-10-8-19(14-29)33-2/h5-7,9,11-13,17,19H,3-4,8,10,14H2,1-2H3,(H,28,32)/t19-/m1/s1. The number of benzene rings is 1. The number of hydrogen-bond donors (Lipinski definition) is 1. The monoisotopic (exact) mass is 490 g/mol. The molecule has 3 aromatic heterocycles. The van der Waals surface area contributed by atoms with Gasteiger partial charge in [-0.1, -0.05) is 0 Å². The second-order valence-electron chi connectivity index (χ2n) is 9.20. The lowest BCUT2D eigenvalue weighted by molar-refractivity contribution is 0.0728. The minimum absolute atomic E-state index is 0.00112. The van der Waals surface area contributed by atoms with Crippen LogP contribution in [0.4, 0.5) is 4.79 Å². The quantitative estimate of drug-likeness (QED) is 0.429. The van der Waals surface area contributed by atoms with Crippen molar-refractivity contribution < 1.29 is 19.1 Å². The van der Waals surface area contributed by atoms with Crippen molar-refractivity contribution in [2.24, 2.45) is 0 Å². The molecule has 1 aromatic carbocycles. The summed E-state index contributed by atoms with van der Waals surface area (Å²) >= 11 is 1.40. The number of carbonyl (C=O) groups excluding carboxylic acids is 2. The highest BCUT2D eigenvalue weighted by atomic mass is 32.1. The Morgan fingerprint density at radius 2 is 2.00 bits per heavy atom. The number of fused-ring (bicyclic) bond motifs is 2. The summed E-state index contributed by atoms with van der Waals surface area (Å²) in [4.78, 5) is 32.6. The number of methoxy groups -OCH3 is 1. The lowest BCUT2D eigenvalue weighted by Crippen LogP contribution is -2.30. The zero-order valence-corrected chi connectivity index (χ0v) is 20.4. The van der Waals surface area contributed by atoms with Crippen LogP contribution in [0.1, 0.15) is 34.6 Å². The number of likely N-dealkylation sites (tertiary alicyclic amines) is 1. The molecule has 2 aliphatic rings. The molecule has 1 aliphatic carbocycles. The SMILES string of the molecule is CO[C@@H]1CCN(C(=O)c2cc3nccc(Oc4ccc5c(c4)cc(C)n5C(=O)NC4CC4)c3s2)C1. The second kappa shape index (κ2) is 8.66. The first kappa shape index (κ1) is 22.1. The number of carbonyl (C=O) groups is 2. The van der Waals surface area contributed by atoms with Gasteiger partial charge in [-0.3, -0.25) is 14.3 Å². The fourth-order valence-corrected chi connectivity index (χ4v) is 5.65. The molecule has 180 valence electrons. The van der Waals surface area contributed by atoms with Gasteiger partial charge in [0.1, 0.15) is 11.5 Å². The van der Waals surface area contributed by atoms with Gasteiger partial charge in [-0.25, -0.2) is 4.79 Å². The molecule has 1 N–H and O–H groups in total. The van der Waals surface area contributed by atoms with Crippen molar-refractivity contribution in [2.45, 2.75) is 38.3 Å². The number of amides is 2. The molecule has 4 heterocycles. The number of nitrogens with zero attached hydrogens (tertiary/aromatic N) is 3. The van der Waals surface area contributed by atoms with E-state index in [0.29, 0.717) is 35.5 Å². The van der Waals surface area contributed by atoms with E-state index in [1.54, 1.807) is 17.9 Å². The Morgan fingerprint density at radius 1 is 1.14 bits per heavy atom. The predicted octanol–water partition coefficient (Wildman–Crippen LogP) is 4.93. The predicted molar refractivity (Wildman–Crippen MR) is 135 cm³/mol. The van der Waals surface area contributed by atoms with E-state index in [-0.39, 0.29) is 18.0 Å². The van der Waals surface area contributed by atoms with Gasteiger partial charge in [0.05, 0.1) is 26.7 Å². The molecule has 4 aromatic rings. The zero-order valence-electron chi connectivity index (χ0n) is 19.6. The van der Waals surface area contributed by atoms with Crippen molar-refractivity contribution in [1.29, 1.82) is 0 Å². The summed E-state index contributed by atoms with van der Waals surface area (Å²) in [6, 6.07) is 11.6. The van der Waals surface area contributed by atoms with Crippen LogP contribution in [0, 0.1) is 6.92 Å². The number of aromatic nitrogens is 2. The molecule has 0 unspecified atom stereocenters. The summed E-state index contributed by atoms with van der Waals surface area (Å²) in [7, 11) is 1.68. The van der Waals surface area contributed by atoms with E-state index in [0.717, 1.165) is 46.1 Å². The van der Waals surface area contributed by atoms with Crippen LogP contribution >= 0.6 is 11.3 Å². The van der Waals surface area contributed by atoms with E-state index in [4.69, 9.17) is 9.47 Å². The average Bonchev–Trinajstić information content (AvgIpc) is 3.24. The molecule has 8 nitrogen and oxygen atoms in total. The van der Waals surface area contributed by atoms with Crippen molar-refractivity contribution in [3.8, 4) is 11.5 Å². The fourth-order valence-electron chi connectivity index (χ4n) is 4.62. The zero-order chi connectivity index (χ0) is 24.1. The van der Waals surface area contributed by atoms with Gasteiger partial charge in [0.25, 0.3) is 5.91 Å². The van der Waals surface area contributed by atoms with E-state index in [9.17, 15) is 9.59 Å². The first-order chi connectivity index (χ1) is 17.0. The summed E-state index contributed by atoms with van der Waals surface area (Å²) in [5, 5.41) is 3.98. The third-order valence-electron chi connectivity index (χ3n) is 6.64. The molecule has 0 spiro atoms. The second-order valence-corrected chi connectivity index (χ2v) is 10.3. The Labute approximate surface area is 206 Å². The van der Waals surface area contributed by atoms with Crippen LogP contribution in [0.2, 0.25) is 0 Å². The van der Waals surface area contributed by atoms with Gasteiger partial charge in [0, 0.05) is 49.6 Å². The summed E-state index contributed by atoms with van der Waals surface area (Å²) < 4.78 is 14.2. The number of pyridine rings is 1. The lowest BCUT2D eigenvalue weighted by atomic mass is 10.2. The molecule has 0 bridgehead atoms. The first-order valence-corrected chi connectivity index (χ1v) is 12.6. The van der Waals surface area contributed by atoms with Crippen LogP contribution in [-0.2, 0) is 4.74 Å². The van der Waals surface area contributed by atoms with Gasteiger partial charge in [0.15, 0.2) is 0 Å². The van der Waals surface area contributed by atoms with E-state index < -0.39 is 0 Å². The molecule has 35 heavy (non-hydrogen) atoms. The van der Waals surface area contributed by atoms with E-state index in [2.05, 4.69) is 10.3 Å². The molecular formula is C26H26N4O4S. The molecule has 1 saturated heterocycles. The molecular weight excluding hydrogens is 464 g/mol. The lowest BCUT2D eigenvalue weighted by Gasteiger charge is -2.14. The van der Waals surface area contributed by atoms with Crippen LogP contribution < -0.4 is 10.1 Å². The third kappa shape index (κ3) is 4.15. The topological polar surface area (TPSA) is 85.7 Å². The highest BCUT2D eigenvalue weighted by Gasteiger charge is 2.28. The number of nitrogens with one attached hydrogen (secondary N) is 1. The molecule has 1 aliphatic heterocycles. The molecule has 1 atom stereocenters. The molecule has 2 amide bonds. The van der Waals surface area contributed by atoms with Crippen LogP contribution in [0.25, 0.3) is 21.1 Å². The van der Waals surface area contributed by atoms with Crippen molar-refractivity contribution in [2.75, 3.05) is 20.2 Å². The van der Waals surface area contributed by atoms with Crippen LogP contribution in [-0.4, -0.2) is 58.7 Å². The minimum atomic E-state index is -0.0879. The number of rotatable bonds is 5. The van der Waals surface area contributed by atoms with Crippen molar-refractivity contribution in [3.05, 3.63) is 53.2 Å². The Morgan fingerprint density at radius 3 is 2.77 bits per heavy atom. The molecule has 0 radical (unpaired) electrons. The minimum Gasteiger partial charge on any atom is -0.456 e. The van der Waals surface area contributed by atoms with Gasteiger partial charge in [0.2, 0.25) is 0 Å². The van der Waals surface area contributed by atoms with Gasteiger partial charge in [-0.15, -0.1) is 11.3 Å². The smallest absolute Gasteiger partial charge is 0.326 e. The van der Waals surface area contributed by atoms with Gasteiger partial charge in [-0.05, 0) is 56.5 Å². The first-order valence-electron chi connectivity index (χ1n) is 11.8. The van der Waals surface area contributed by atoms with Gasteiger partial charge >= 0.3 is 6.03 Å². The van der Waals surface area contributed by atoms with Gasteiger partial charge < -0.3 is 19.7 Å². The molecule has 2 fully saturated rings. The maximum atomic E-state index is 13.0. The Balaban J connectivity index is 1.27. The van der Waals surface area contributed by atoms with Gasteiger partial charge in [-0.2, -0.15) is 0 Å². The molecule has 1 saturated carbocycles. The highest BCUT2D eigenvalue weighted by molar-refractivity contribution is 7.21. The van der Waals surface area contributed by atoms with E-state index in [1.165, 1.54) is 11.3 Å². The van der Waals surface area contributed by atoms with Crippen LogP contribution in [0.15, 0.2) is 42.6 Å². The highest BCUT2D eigenvalue weighted by Crippen LogP contribution is 2.37. The number of hydrogen-bond acceptors (Lipinski definition) is 6. The Bertz CT molecular complexity index is 1450. The normalized spacial score (nSPS) is 17.9. The summed E-state index contributed by atoms with van der Waals surface area (Å²) in [6.45, 7) is 3.23. The fraction of sp³-hybridized carbons (Fsp3) is 0.346. The van der Waals surface area contributed by atoms with E-state index >= 15 is 0 Å². The summed E-state index contributed by atoms with van der Waals surface area (Å²) in [5.41, 5.74) is 2.45. The Hall–Kier alpha value is -3.43. The number of thiophene rings is 1.